The molecule has 2 N–H and O–H groups in total. The SMILES string of the molecule is CNC(CC(=O)O)C1C=CC=CC1. The number of hydrogen-bond acceptors (Lipinski definition) is 2. The van der Waals surface area contributed by atoms with Gasteiger partial charge in [-0.1, -0.05) is 24.3 Å². The minimum Gasteiger partial charge on any atom is -0.481 e. The lowest BCUT2D eigenvalue weighted by Crippen LogP contribution is -2.35. The molecule has 2 unspecified atom stereocenters. The third-order valence-electron chi connectivity index (χ3n) is 2.30. The van der Waals surface area contributed by atoms with Crippen LogP contribution in [0.2, 0.25) is 0 Å². The van der Waals surface area contributed by atoms with Crippen LogP contribution in [-0.2, 0) is 4.79 Å². The first-order valence-electron chi connectivity index (χ1n) is 4.46. The molecule has 1 aliphatic rings. The van der Waals surface area contributed by atoms with Gasteiger partial charge in [0.25, 0.3) is 0 Å². The zero-order valence-electron chi connectivity index (χ0n) is 7.73. The quantitative estimate of drug-likeness (QED) is 0.684. The molecule has 0 saturated heterocycles. The van der Waals surface area contributed by atoms with E-state index in [1.54, 1.807) is 7.05 Å². The summed E-state index contributed by atoms with van der Waals surface area (Å²) >= 11 is 0. The number of hydrogen-bond donors (Lipinski definition) is 2. The van der Waals surface area contributed by atoms with Gasteiger partial charge in [-0.25, -0.2) is 0 Å². The van der Waals surface area contributed by atoms with Crippen molar-refractivity contribution in [3.05, 3.63) is 24.3 Å². The number of carbonyl (C=O) groups is 1. The highest BCUT2D eigenvalue weighted by Crippen LogP contribution is 2.17. The van der Waals surface area contributed by atoms with E-state index in [1.165, 1.54) is 0 Å². The maximum atomic E-state index is 10.5. The van der Waals surface area contributed by atoms with Gasteiger partial charge in [0.1, 0.15) is 0 Å². The second-order valence-corrected chi connectivity index (χ2v) is 3.21. The van der Waals surface area contributed by atoms with Crippen molar-refractivity contribution < 1.29 is 9.90 Å². The summed E-state index contributed by atoms with van der Waals surface area (Å²) in [5.74, 6) is -0.437. The van der Waals surface area contributed by atoms with Gasteiger partial charge in [-0.3, -0.25) is 4.79 Å². The molecule has 0 bridgehead atoms. The molecule has 72 valence electrons. The predicted molar refractivity (Wildman–Crippen MR) is 51.5 cm³/mol. The number of allylic oxidation sites excluding steroid dienone is 3. The Labute approximate surface area is 78.1 Å². The second kappa shape index (κ2) is 4.82. The Balaban J connectivity index is 2.50. The van der Waals surface area contributed by atoms with Gasteiger partial charge in [-0.05, 0) is 19.4 Å². The summed E-state index contributed by atoms with van der Waals surface area (Å²) in [6, 6.07) is 0.0405. The van der Waals surface area contributed by atoms with Gasteiger partial charge in [0.05, 0.1) is 6.42 Å². The van der Waals surface area contributed by atoms with E-state index in [4.69, 9.17) is 5.11 Å². The van der Waals surface area contributed by atoms with Crippen LogP contribution in [0.3, 0.4) is 0 Å². The first-order valence-corrected chi connectivity index (χ1v) is 4.46. The highest BCUT2D eigenvalue weighted by molar-refractivity contribution is 5.67. The third-order valence-corrected chi connectivity index (χ3v) is 2.30. The smallest absolute Gasteiger partial charge is 0.304 e. The van der Waals surface area contributed by atoms with Crippen LogP contribution in [-0.4, -0.2) is 24.2 Å². The molecule has 1 rings (SSSR count). The number of aliphatic carboxylic acids is 1. The minimum atomic E-state index is -0.748. The fourth-order valence-corrected chi connectivity index (χ4v) is 1.55. The van der Waals surface area contributed by atoms with Crippen molar-refractivity contribution in [1.29, 1.82) is 0 Å². The molecule has 0 fully saturated rings. The van der Waals surface area contributed by atoms with Crippen LogP contribution in [0.25, 0.3) is 0 Å². The fraction of sp³-hybridized carbons (Fsp3) is 0.500. The van der Waals surface area contributed by atoms with E-state index >= 15 is 0 Å². The maximum absolute atomic E-state index is 10.5. The van der Waals surface area contributed by atoms with E-state index in [2.05, 4.69) is 17.5 Å². The molecule has 3 heteroatoms. The lowest BCUT2D eigenvalue weighted by atomic mass is 9.91. The average Bonchev–Trinajstić information content (AvgIpc) is 2.15. The zero-order valence-corrected chi connectivity index (χ0v) is 7.73. The van der Waals surface area contributed by atoms with Crippen molar-refractivity contribution >= 4 is 5.97 Å². The number of carboxylic acid groups (broad SMARTS) is 1. The van der Waals surface area contributed by atoms with E-state index < -0.39 is 5.97 Å². The molecule has 0 saturated carbocycles. The van der Waals surface area contributed by atoms with Crippen LogP contribution >= 0.6 is 0 Å². The van der Waals surface area contributed by atoms with E-state index in [1.807, 2.05) is 12.2 Å². The van der Waals surface area contributed by atoms with Crippen molar-refractivity contribution in [2.24, 2.45) is 5.92 Å². The average molecular weight is 181 g/mol. The van der Waals surface area contributed by atoms with Gasteiger partial charge in [0.2, 0.25) is 0 Å². The molecule has 0 aromatic rings. The van der Waals surface area contributed by atoms with Crippen LogP contribution in [0.4, 0.5) is 0 Å². The second-order valence-electron chi connectivity index (χ2n) is 3.21. The third kappa shape index (κ3) is 3.03. The Hall–Kier alpha value is -1.09. The minimum absolute atomic E-state index is 0.0405. The molecule has 0 radical (unpaired) electrons. The Morgan fingerprint density at radius 3 is 2.92 bits per heavy atom. The summed E-state index contributed by atoms with van der Waals surface area (Å²) in [6.07, 6.45) is 9.19. The lowest BCUT2D eigenvalue weighted by molar-refractivity contribution is -0.137. The maximum Gasteiger partial charge on any atom is 0.304 e. The zero-order chi connectivity index (χ0) is 9.68. The van der Waals surface area contributed by atoms with Gasteiger partial charge in [-0.15, -0.1) is 0 Å². The van der Waals surface area contributed by atoms with Gasteiger partial charge in [-0.2, -0.15) is 0 Å². The van der Waals surface area contributed by atoms with Crippen molar-refractivity contribution in [3.63, 3.8) is 0 Å². The van der Waals surface area contributed by atoms with Gasteiger partial charge >= 0.3 is 5.97 Å². The van der Waals surface area contributed by atoms with Crippen molar-refractivity contribution in [3.8, 4) is 0 Å². The summed E-state index contributed by atoms with van der Waals surface area (Å²) in [4.78, 5) is 10.5. The van der Waals surface area contributed by atoms with Crippen LogP contribution in [0.5, 0.6) is 0 Å². The van der Waals surface area contributed by atoms with Crippen LogP contribution in [0.15, 0.2) is 24.3 Å². The van der Waals surface area contributed by atoms with E-state index in [-0.39, 0.29) is 12.5 Å². The summed E-state index contributed by atoms with van der Waals surface area (Å²) < 4.78 is 0. The molecular formula is C10H15NO2. The number of carboxylic acids is 1. The molecule has 13 heavy (non-hydrogen) atoms. The Morgan fingerprint density at radius 2 is 2.46 bits per heavy atom. The topological polar surface area (TPSA) is 49.3 Å². The number of rotatable bonds is 4. The molecule has 0 aromatic carbocycles. The summed E-state index contributed by atoms with van der Waals surface area (Å²) in [5, 5.41) is 11.7. The summed E-state index contributed by atoms with van der Waals surface area (Å²) in [6.45, 7) is 0. The largest absolute Gasteiger partial charge is 0.481 e. The molecule has 1 aliphatic carbocycles. The molecule has 3 nitrogen and oxygen atoms in total. The highest BCUT2D eigenvalue weighted by atomic mass is 16.4. The van der Waals surface area contributed by atoms with E-state index in [9.17, 15) is 4.79 Å². The first kappa shape index (κ1) is 9.99. The molecule has 0 amide bonds. The lowest BCUT2D eigenvalue weighted by Gasteiger charge is -2.22. The van der Waals surface area contributed by atoms with Gasteiger partial charge < -0.3 is 10.4 Å². The highest BCUT2D eigenvalue weighted by Gasteiger charge is 2.19. The van der Waals surface area contributed by atoms with Crippen molar-refractivity contribution in [2.45, 2.75) is 18.9 Å². The van der Waals surface area contributed by atoms with Gasteiger partial charge in [0.15, 0.2) is 0 Å². The summed E-state index contributed by atoms with van der Waals surface area (Å²) in [7, 11) is 1.81. The van der Waals surface area contributed by atoms with Crippen molar-refractivity contribution in [2.75, 3.05) is 7.05 Å². The predicted octanol–water partition coefficient (Wildman–Crippen LogP) is 1.18. The molecule has 0 spiro atoms. The van der Waals surface area contributed by atoms with Crippen LogP contribution in [0, 0.1) is 5.92 Å². The molecule has 0 heterocycles. The van der Waals surface area contributed by atoms with Crippen molar-refractivity contribution in [1.82, 2.24) is 5.32 Å². The normalized spacial score (nSPS) is 23.0. The Kier molecular flexibility index (Phi) is 3.71. The Morgan fingerprint density at radius 1 is 1.69 bits per heavy atom. The monoisotopic (exact) mass is 181 g/mol. The first-order chi connectivity index (χ1) is 6.24. The number of nitrogens with one attached hydrogen (secondary N) is 1. The van der Waals surface area contributed by atoms with Gasteiger partial charge in [0, 0.05) is 6.04 Å². The van der Waals surface area contributed by atoms with E-state index in [0.717, 1.165) is 6.42 Å². The van der Waals surface area contributed by atoms with Crippen LogP contribution < -0.4 is 5.32 Å². The van der Waals surface area contributed by atoms with Crippen LogP contribution in [0.1, 0.15) is 12.8 Å². The summed E-state index contributed by atoms with van der Waals surface area (Å²) in [5.41, 5.74) is 0. The fourth-order valence-electron chi connectivity index (χ4n) is 1.55. The molecule has 2 atom stereocenters. The standard InChI is InChI=1S/C10H15NO2/c1-11-9(7-10(12)13)8-5-3-2-4-6-8/h2-5,8-9,11H,6-7H2,1H3,(H,12,13). The molecule has 0 aromatic heterocycles. The molecule has 0 aliphatic heterocycles. The van der Waals surface area contributed by atoms with E-state index in [0.29, 0.717) is 5.92 Å². The molecular weight excluding hydrogens is 166 g/mol. The Bertz CT molecular complexity index is 233.